The van der Waals surface area contributed by atoms with Crippen molar-refractivity contribution in [1.29, 1.82) is 0 Å². The highest BCUT2D eigenvalue weighted by Gasteiger charge is 2.40. The molecule has 1 aliphatic rings. The van der Waals surface area contributed by atoms with Gasteiger partial charge in [0.2, 0.25) is 10.0 Å². The molecule has 0 aromatic heterocycles. The molecule has 2 rings (SSSR count). The molecule has 0 saturated heterocycles. The lowest BCUT2D eigenvalue weighted by molar-refractivity contribution is 0.358. The largest absolute Gasteiger partial charge is 0.395 e. The highest BCUT2D eigenvalue weighted by molar-refractivity contribution is 9.10. The summed E-state index contributed by atoms with van der Waals surface area (Å²) >= 11 is 8.97. The Morgan fingerprint density at radius 2 is 2.10 bits per heavy atom. The van der Waals surface area contributed by atoms with E-state index in [-0.39, 0.29) is 27.1 Å². The van der Waals surface area contributed by atoms with E-state index in [1.165, 1.54) is 4.31 Å². The molecule has 0 spiro atoms. The summed E-state index contributed by atoms with van der Waals surface area (Å²) in [6, 6.07) is 1.06. The first kappa shape index (κ1) is 17.0. The van der Waals surface area contributed by atoms with E-state index in [2.05, 4.69) is 15.9 Å². The fourth-order valence-electron chi connectivity index (χ4n) is 2.08. The van der Waals surface area contributed by atoms with Crippen molar-refractivity contribution in [3.8, 4) is 0 Å². The SMILES string of the molecule is CC(C)CN(C1CC1)S(=O)(=O)c1cc(Cl)c(Br)c(N)c1F. The van der Waals surface area contributed by atoms with E-state index in [4.69, 9.17) is 17.3 Å². The number of halogens is 3. The highest BCUT2D eigenvalue weighted by atomic mass is 79.9. The maximum Gasteiger partial charge on any atom is 0.246 e. The Bertz CT molecular complexity index is 663. The van der Waals surface area contributed by atoms with Crippen LogP contribution in [0.4, 0.5) is 10.1 Å². The van der Waals surface area contributed by atoms with Crippen molar-refractivity contribution in [2.45, 2.75) is 37.6 Å². The van der Waals surface area contributed by atoms with Gasteiger partial charge in [-0.05, 0) is 40.8 Å². The van der Waals surface area contributed by atoms with Crippen LogP contribution < -0.4 is 5.73 Å². The molecule has 2 N–H and O–H groups in total. The molecule has 1 fully saturated rings. The van der Waals surface area contributed by atoms with Crippen molar-refractivity contribution in [1.82, 2.24) is 4.31 Å². The van der Waals surface area contributed by atoms with Gasteiger partial charge < -0.3 is 5.73 Å². The summed E-state index contributed by atoms with van der Waals surface area (Å²) in [6.45, 7) is 4.19. The molecule has 1 aliphatic carbocycles. The Labute approximate surface area is 137 Å². The topological polar surface area (TPSA) is 63.4 Å². The smallest absolute Gasteiger partial charge is 0.246 e. The van der Waals surface area contributed by atoms with Crippen LogP contribution in [0.1, 0.15) is 26.7 Å². The van der Waals surface area contributed by atoms with Gasteiger partial charge in [0.05, 0.1) is 15.2 Å². The van der Waals surface area contributed by atoms with Gasteiger partial charge in [-0.2, -0.15) is 4.31 Å². The van der Waals surface area contributed by atoms with Crippen LogP contribution in [0.25, 0.3) is 0 Å². The van der Waals surface area contributed by atoms with Gasteiger partial charge in [-0.25, -0.2) is 12.8 Å². The van der Waals surface area contributed by atoms with Gasteiger partial charge in [-0.1, -0.05) is 25.4 Å². The minimum Gasteiger partial charge on any atom is -0.395 e. The Balaban J connectivity index is 2.52. The number of nitrogens with zero attached hydrogens (tertiary/aromatic N) is 1. The molecule has 21 heavy (non-hydrogen) atoms. The second kappa shape index (κ2) is 6.02. The van der Waals surface area contributed by atoms with E-state index in [1.54, 1.807) is 0 Å². The van der Waals surface area contributed by atoms with E-state index in [9.17, 15) is 12.8 Å². The van der Waals surface area contributed by atoms with Crippen molar-refractivity contribution in [3.05, 3.63) is 21.4 Å². The summed E-state index contributed by atoms with van der Waals surface area (Å²) in [5.74, 6) is -0.813. The predicted octanol–water partition coefficient (Wildman–Crippen LogP) is 3.63. The van der Waals surface area contributed by atoms with Gasteiger partial charge in [-0.15, -0.1) is 0 Å². The molecule has 1 aromatic carbocycles. The van der Waals surface area contributed by atoms with Gasteiger partial charge >= 0.3 is 0 Å². The molecule has 1 saturated carbocycles. The standard InChI is InChI=1S/C13H17BrClFN2O2S/c1-7(2)6-18(8-3-4-8)21(19,20)10-5-9(15)11(14)13(17)12(10)16/h5,7-8H,3-4,6,17H2,1-2H3. The number of rotatable bonds is 5. The van der Waals surface area contributed by atoms with Crippen molar-refractivity contribution < 1.29 is 12.8 Å². The molecule has 0 amide bonds. The van der Waals surface area contributed by atoms with Crippen molar-refractivity contribution >= 4 is 43.2 Å². The quantitative estimate of drug-likeness (QED) is 0.607. The zero-order chi connectivity index (χ0) is 15.9. The van der Waals surface area contributed by atoms with Crippen molar-refractivity contribution in [2.24, 2.45) is 5.92 Å². The molecule has 8 heteroatoms. The van der Waals surface area contributed by atoms with E-state index in [0.29, 0.717) is 6.54 Å². The molecule has 0 radical (unpaired) electrons. The van der Waals surface area contributed by atoms with Gasteiger partial charge in [0.25, 0.3) is 0 Å². The van der Waals surface area contributed by atoms with Gasteiger partial charge in [0.1, 0.15) is 4.90 Å². The van der Waals surface area contributed by atoms with Crippen LogP contribution in [0.3, 0.4) is 0 Å². The first-order valence-electron chi connectivity index (χ1n) is 6.61. The van der Waals surface area contributed by atoms with Gasteiger partial charge in [0, 0.05) is 12.6 Å². The third-order valence-corrected chi connectivity index (χ3v) is 6.54. The minimum atomic E-state index is -3.95. The summed E-state index contributed by atoms with van der Waals surface area (Å²) in [7, 11) is -3.95. The minimum absolute atomic E-state index is 0.0551. The monoisotopic (exact) mass is 398 g/mol. The fraction of sp³-hybridized carbons (Fsp3) is 0.538. The van der Waals surface area contributed by atoms with Crippen LogP contribution in [-0.2, 0) is 10.0 Å². The predicted molar refractivity (Wildman–Crippen MR) is 85.3 cm³/mol. The number of hydrogen-bond donors (Lipinski definition) is 1. The van der Waals surface area contributed by atoms with Crippen LogP contribution in [0.2, 0.25) is 5.02 Å². The van der Waals surface area contributed by atoms with E-state index < -0.39 is 20.7 Å². The van der Waals surface area contributed by atoms with Crippen LogP contribution in [0.15, 0.2) is 15.4 Å². The van der Waals surface area contributed by atoms with Crippen LogP contribution in [0.5, 0.6) is 0 Å². The molecule has 0 aliphatic heterocycles. The number of nitrogens with two attached hydrogens (primary N) is 1. The number of hydrogen-bond acceptors (Lipinski definition) is 3. The molecule has 4 nitrogen and oxygen atoms in total. The van der Waals surface area contributed by atoms with Crippen LogP contribution in [-0.4, -0.2) is 25.3 Å². The third-order valence-electron chi connectivity index (χ3n) is 3.24. The molecular weight excluding hydrogens is 383 g/mol. The molecule has 118 valence electrons. The zero-order valence-electron chi connectivity index (χ0n) is 11.7. The van der Waals surface area contributed by atoms with Crippen molar-refractivity contribution in [3.63, 3.8) is 0 Å². The average molecular weight is 400 g/mol. The Morgan fingerprint density at radius 3 is 2.57 bits per heavy atom. The number of sulfonamides is 1. The molecule has 1 aromatic rings. The molecule has 0 heterocycles. The maximum atomic E-state index is 14.3. The lowest BCUT2D eigenvalue weighted by Crippen LogP contribution is -2.36. The van der Waals surface area contributed by atoms with Crippen LogP contribution >= 0.6 is 27.5 Å². The zero-order valence-corrected chi connectivity index (χ0v) is 14.9. The first-order valence-corrected chi connectivity index (χ1v) is 9.22. The fourth-order valence-corrected chi connectivity index (χ4v) is 4.60. The summed E-state index contributed by atoms with van der Waals surface area (Å²) in [5.41, 5.74) is 5.29. The second-order valence-electron chi connectivity index (χ2n) is 5.60. The Hall–Kier alpha value is -0.370. The molecule has 0 unspecified atom stereocenters. The molecular formula is C13H17BrClFN2O2S. The normalized spacial score (nSPS) is 16.0. The number of benzene rings is 1. The highest BCUT2D eigenvalue weighted by Crippen LogP contribution is 2.38. The third kappa shape index (κ3) is 3.36. The summed E-state index contributed by atoms with van der Waals surface area (Å²) in [5, 5.41) is 0.0766. The second-order valence-corrected chi connectivity index (χ2v) is 8.66. The first-order chi connectivity index (χ1) is 9.66. The van der Waals surface area contributed by atoms with Gasteiger partial charge in [-0.3, -0.25) is 0 Å². The Morgan fingerprint density at radius 1 is 1.52 bits per heavy atom. The van der Waals surface area contributed by atoms with E-state index in [0.717, 1.165) is 18.9 Å². The Kier molecular flexibility index (Phi) is 4.87. The summed E-state index contributed by atoms with van der Waals surface area (Å²) in [6.07, 6.45) is 1.60. The number of anilines is 1. The number of nitrogen functional groups attached to an aromatic ring is 1. The van der Waals surface area contributed by atoms with Gasteiger partial charge in [0.15, 0.2) is 5.82 Å². The maximum absolute atomic E-state index is 14.3. The van der Waals surface area contributed by atoms with Crippen LogP contribution in [0, 0.1) is 11.7 Å². The average Bonchev–Trinajstić information content (AvgIpc) is 3.21. The molecule has 0 bridgehead atoms. The molecule has 0 atom stereocenters. The van der Waals surface area contributed by atoms with E-state index >= 15 is 0 Å². The van der Waals surface area contributed by atoms with Crippen molar-refractivity contribution in [2.75, 3.05) is 12.3 Å². The lowest BCUT2D eigenvalue weighted by Gasteiger charge is -2.24. The van der Waals surface area contributed by atoms with E-state index in [1.807, 2.05) is 13.8 Å². The summed E-state index contributed by atoms with van der Waals surface area (Å²) in [4.78, 5) is -0.458. The lowest BCUT2D eigenvalue weighted by atomic mass is 10.2. The summed E-state index contributed by atoms with van der Waals surface area (Å²) < 4.78 is 41.3.